The number of carbonyl (C=O) groups is 2. The molecule has 0 aromatic rings. The van der Waals surface area contributed by atoms with Crippen molar-refractivity contribution < 1.29 is 74.1 Å². The van der Waals surface area contributed by atoms with Crippen LogP contribution in [0.5, 0.6) is 0 Å². The molecule has 2 amide bonds. The van der Waals surface area contributed by atoms with Crippen LogP contribution in [0.1, 0.15) is 13.8 Å². The van der Waals surface area contributed by atoms with E-state index in [2.05, 4.69) is 10.6 Å². The highest BCUT2D eigenvalue weighted by atomic mass is 16.7. The third kappa shape index (κ3) is 7.05. The molecular weight excluding hydrogens is 546 g/mol. The number of rotatable bonds is 9. The van der Waals surface area contributed by atoms with E-state index >= 15 is 0 Å². The fraction of sp³-hybridized carbons (Fsp3) is 0.909. The van der Waals surface area contributed by atoms with Gasteiger partial charge in [0.1, 0.15) is 73.3 Å². The van der Waals surface area contributed by atoms with Crippen LogP contribution >= 0.6 is 0 Å². The predicted octanol–water partition coefficient (Wildman–Crippen LogP) is -7.32. The number of amides is 2. The van der Waals surface area contributed by atoms with Crippen LogP contribution in [0.25, 0.3) is 0 Å². The maximum atomic E-state index is 12.0. The molecule has 0 aliphatic carbocycles. The number of carbonyl (C=O) groups excluding carboxylic acids is 2. The molecule has 0 bridgehead atoms. The van der Waals surface area contributed by atoms with Crippen molar-refractivity contribution in [1.82, 2.24) is 10.6 Å². The van der Waals surface area contributed by atoms with Gasteiger partial charge >= 0.3 is 0 Å². The highest BCUT2D eigenvalue weighted by molar-refractivity contribution is 5.73. The number of hydrogen-bond donors (Lipinski definition) is 11. The van der Waals surface area contributed by atoms with E-state index in [1.165, 1.54) is 6.92 Å². The van der Waals surface area contributed by atoms with Gasteiger partial charge in [0.15, 0.2) is 12.6 Å². The first kappa shape index (κ1) is 32.9. The summed E-state index contributed by atoms with van der Waals surface area (Å²) in [6, 6.07) is -2.62. The summed E-state index contributed by atoms with van der Waals surface area (Å²) in [6.07, 6.45) is -20.1. The van der Waals surface area contributed by atoms with Crippen LogP contribution in [-0.4, -0.2) is 164 Å². The Labute approximate surface area is 228 Å². The molecule has 18 heteroatoms. The van der Waals surface area contributed by atoms with Crippen LogP contribution < -0.4 is 16.4 Å². The summed E-state index contributed by atoms with van der Waals surface area (Å²) in [7, 11) is 0. The van der Waals surface area contributed by atoms with E-state index < -0.39 is 124 Å². The molecule has 3 rings (SSSR count). The normalized spacial score (nSPS) is 46.0. The molecule has 3 saturated heterocycles. The summed E-state index contributed by atoms with van der Waals surface area (Å²) in [5.41, 5.74) is 5.87. The van der Waals surface area contributed by atoms with Crippen molar-refractivity contribution in [3.05, 3.63) is 0 Å². The summed E-state index contributed by atoms with van der Waals surface area (Å²) in [4.78, 5) is 23.6. The number of aliphatic hydroxyl groups excluding tert-OH is 8. The van der Waals surface area contributed by atoms with Crippen LogP contribution in [0.2, 0.25) is 0 Å². The van der Waals surface area contributed by atoms with Gasteiger partial charge in [0.25, 0.3) is 0 Å². The van der Waals surface area contributed by atoms with Gasteiger partial charge in [0, 0.05) is 13.8 Å². The van der Waals surface area contributed by atoms with Crippen molar-refractivity contribution in [3.8, 4) is 0 Å². The van der Waals surface area contributed by atoms with Gasteiger partial charge in [-0.15, -0.1) is 0 Å². The van der Waals surface area contributed by atoms with Crippen molar-refractivity contribution >= 4 is 11.8 Å². The molecule has 0 spiro atoms. The van der Waals surface area contributed by atoms with Gasteiger partial charge in [-0.2, -0.15) is 0 Å². The van der Waals surface area contributed by atoms with Crippen molar-refractivity contribution in [1.29, 1.82) is 0 Å². The van der Waals surface area contributed by atoms with Crippen molar-refractivity contribution in [2.24, 2.45) is 5.73 Å². The van der Waals surface area contributed by atoms with Gasteiger partial charge < -0.3 is 80.9 Å². The molecule has 6 unspecified atom stereocenters. The third-order valence-corrected chi connectivity index (χ3v) is 6.96. The molecule has 18 nitrogen and oxygen atoms in total. The molecule has 3 fully saturated rings. The quantitative estimate of drug-likeness (QED) is 0.120. The SMILES string of the molecule is CC(=O)NC1[C@H](O[C@@H]2C(CO)O[C@@H](N)C(NC(C)=O)[C@H]2O)OC(CO)[C@@H](O[C@@H]2OC(CO)[C@@H](O)[C@H](O)C2O)[C@@H]1O. The predicted molar refractivity (Wildman–Crippen MR) is 126 cm³/mol. The molecule has 3 heterocycles. The van der Waals surface area contributed by atoms with Crippen molar-refractivity contribution in [2.75, 3.05) is 19.8 Å². The smallest absolute Gasteiger partial charge is 0.217 e. The first-order valence-corrected chi connectivity index (χ1v) is 12.6. The second-order valence-corrected chi connectivity index (χ2v) is 9.88. The first-order valence-electron chi connectivity index (χ1n) is 12.6. The van der Waals surface area contributed by atoms with Crippen LogP contribution in [-0.2, 0) is 33.3 Å². The standard InChI is InChI=1S/C22H39N3O15/c1-6(29)24-11-14(32)18(9(4-27)36-20(11)23)39-21-12(25-7(2)30)15(33)19(10(5-28)38-21)40-22-17(35)16(34)13(31)8(3-26)37-22/h8-22,26-28,31-35H,3-5,23H2,1-2H3,(H,24,29)(H,25,30)/t8?,9?,10?,11?,12?,13-,14-,15-,16+,17?,18-,19-,20-,21+,22+/m1/s1. The second kappa shape index (κ2) is 14.0. The Kier molecular flexibility index (Phi) is 11.5. The molecule has 0 radical (unpaired) electrons. The summed E-state index contributed by atoms with van der Waals surface area (Å²) in [6.45, 7) is 0.0643. The Morgan fingerprint density at radius 3 is 1.62 bits per heavy atom. The number of hydrogen-bond acceptors (Lipinski definition) is 16. The fourth-order valence-corrected chi connectivity index (χ4v) is 4.93. The van der Waals surface area contributed by atoms with Crippen LogP contribution in [0.3, 0.4) is 0 Å². The minimum atomic E-state index is -1.84. The number of nitrogens with one attached hydrogen (secondary N) is 2. The largest absolute Gasteiger partial charge is 0.394 e. The minimum absolute atomic E-state index is 0.543. The zero-order chi connectivity index (χ0) is 29.9. The maximum absolute atomic E-state index is 12.0. The topological polar surface area (TPSA) is 292 Å². The number of ether oxygens (including phenoxy) is 5. The average molecular weight is 586 g/mol. The number of aliphatic hydroxyl groups is 8. The van der Waals surface area contributed by atoms with E-state index in [1.807, 2.05) is 0 Å². The van der Waals surface area contributed by atoms with Crippen molar-refractivity contribution in [2.45, 2.75) is 106 Å². The third-order valence-electron chi connectivity index (χ3n) is 6.96. The molecule has 0 aromatic heterocycles. The lowest BCUT2D eigenvalue weighted by molar-refractivity contribution is -0.357. The van der Waals surface area contributed by atoms with Gasteiger partial charge in [-0.3, -0.25) is 9.59 Å². The van der Waals surface area contributed by atoms with Gasteiger partial charge in [-0.1, -0.05) is 0 Å². The molecule has 232 valence electrons. The average Bonchev–Trinajstić information content (AvgIpc) is 2.90. The fourth-order valence-electron chi connectivity index (χ4n) is 4.93. The van der Waals surface area contributed by atoms with E-state index in [1.54, 1.807) is 0 Å². The van der Waals surface area contributed by atoms with Crippen LogP contribution in [0, 0.1) is 0 Å². The molecule has 40 heavy (non-hydrogen) atoms. The highest BCUT2D eigenvalue weighted by Crippen LogP contribution is 2.32. The second-order valence-electron chi connectivity index (χ2n) is 9.88. The monoisotopic (exact) mass is 585 g/mol. The van der Waals surface area contributed by atoms with Crippen LogP contribution in [0.15, 0.2) is 0 Å². The Morgan fingerprint density at radius 1 is 0.650 bits per heavy atom. The lowest BCUT2D eigenvalue weighted by Gasteiger charge is -2.49. The molecular formula is C22H39N3O15. The summed E-state index contributed by atoms with van der Waals surface area (Å²) >= 11 is 0. The lowest BCUT2D eigenvalue weighted by atomic mass is 9.93. The molecule has 3 aliphatic heterocycles. The highest BCUT2D eigenvalue weighted by Gasteiger charge is 2.53. The maximum Gasteiger partial charge on any atom is 0.217 e. The van der Waals surface area contributed by atoms with Gasteiger partial charge in [0.05, 0.1) is 25.9 Å². The van der Waals surface area contributed by atoms with E-state index in [-0.39, 0.29) is 0 Å². The Morgan fingerprint density at radius 2 is 1.10 bits per heavy atom. The van der Waals surface area contributed by atoms with E-state index in [0.29, 0.717) is 0 Å². The molecule has 15 atom stereocenters. The van der Waals surface area contributed by atoms with Gasteiger partial charge in [-0.05, 0) is 0 Å². The van der Waals surface area contributed by atoms with E-state index in [0.717, 1.165) is 6.92 Å². The van der Waals surface area contributed by atoms with Crippen molar-refractivity contribution in [3.63, 3.8) is 0 Å². The minimum Gasteiger partial charge on any atom is -0.394 e. The van der Waals surface area contributed by atoms with Crippen LogP contribution in [0.4, 0.5) is 0 Å². The molecule has 3 aliphatic rings. The summed E-state index contributed by atoms with van der Waals surface area (Å²) < 4.78 is 28.0. The van der Waals surface area contributed by atoms with Gasteiger partial charge in [-0.25, -0.2) is 0 Å². The first-order chi connectivity index (χ1) is 18.8. The Bertz CT molecular complexity index is 854. The molecule has 0 saturated carbocycles. The molecule has 12 N–H and O–H groups in total. The summed E-state index contributed by atoms with van der Waals surface area (Å²) in [5, 5.41) is 86.6. The zero-order valence-corrected chi connectivity index (χ0v) is 21.8. The zero-order valence-electron chi connectivity index (χ0n) is 21.8. The Hall–Kier alpha value is -1.62. The number of nitrogens with two attached hydrogens (primary N) is 1. The summed E-state index contributed by atoms with van der Waals surface area (Å²) in [5.74, 6) is -1.20. The lowest BCUT2D eigenvalue weighted by Crippen LogP contribution is -2.71. The molecule has 0 aromatic carbocycles. The van der Waals surface area contributed by atoms with Gasteiger partial charge in [0.2, 0.25) is 11.8 Å². The van der Waals surface area contributed by atoms with E-state index in [4.69, 9.17) is 29.4 Å². The Balaban J connectivity index is 1.85. The van der Waals surface area contributed by atoms with E-state index in [9.17, 15) is 50.4 Å².